The van der Waals surface area contributed by atoms with E-state index in [9.17, 15) is 0 Å². The second kappa shape index (κ2) is 6.05. The summed E-state index contributed by atoms with van der Waals surface area (Å²) >= 11 is 5.71. The predicted octanol–water partition coefficient (Wildman–Crippen LogP) is 2.16. The summed E-state index contributed by atoms with van der Waals surface area (Å²) < 4.78 is 0. The first-order valence-corrected chi connectivity index (χ1v) is 5.49. The highest BCUT2D eigenvalue weighted by Gasteiger charge is 2.08. The van der Waals surface area contributed by atoms with Crippen molar-refractivity contribution in [3.63, 3.8) is 0 Å². The van der Waals surface area contributed by atoms with Gasteiger partial charge in [-0.2, -0.15) is 0 Å². The molecule has 2 atom stereocenters. The van der Waals surface area contributed by atoms with E-state index in [1.54, 1.807) is 12.3 Å². The third-order valence-electron chi connectivity index (χ3n) is 2.35. The van der Waals surface area contributed by atoms with Gasteiger partial charge in [-0.15, -0.1) is 0 Å². The number of pyridine rings is 1. The Kier molecular flexibility index (Phi) is 5.02. The van der Waals surface area contributed by atoms with Crippen LogP contribution >= 0.6 is 11.6 Å². The Morgan fingerprint density at radius 1 is 1.47 bits per heavy atom. The number of aliphatic hydroxyl groups excluding tert-OH is 1. The van der Waals surface area contributed by atoms with Crippen LogP contribution < -0.4 is 5.32 Å². The second-order valence-electron chi connectivity index (χ2n) is 3.72. The fourth-order valence-corrected chi connectivity index (χ4v) is 1.56. The molecule has 0 fully saturated rings. The van der Waals surface area contributed by atoms with Crippen molar-refractivity contribution in [1.82, 2.24) is 10.3 Å². The molecule has 0 saturated heterocycles. The van der Waals surface area contributed by atoms with Crippen LogP contribution in [-0.2, 0) is 0 Å². The van der Waals surface area contributed by atoms with Gasteiger partial charge in [0.1, 0.15) is 5.15 Å². The minimum absolute atomic E-state index is 0.208. The van der Waals surface area contributed by atoms with Gasteiger partial charge in [0.15, 0.2) is 0 Å². The molecule has 0 amide bonds. The van der Waals surface area contributed by atoms with Gasteiger partial charge in [0.2, 0.25) is 0 Å². The molecule has 1 aromatic rings. The fourth-order valence-electron chi connectivity index (χ4n) is 1.44. The molecule has 0 spiro atoms. The average Bonchev–Trinajstić information content (AvgIpc) is 2.18. The van der Waals surface area contributed by atoms with Crippen molar-refractivity contribution in [3.8, 4) is 0 Å². The van der Waals surface area contributed by atoms with Gasteiger partial charge in [-0.3, -0.25) is 0 Å². The molecule has 0 aromatic carbocycles. The van der Waals surface area contributed by atoms with Crippen LogP contribution in [0.1, 0.15) is 31.9 Å². The van der Waals surface area contributed by atoms with E-state index in [1.807, 2.05) is 6.07 Å². The maximum atomic E-state index is 8.79. The molecule has 2 unspecified atom stereocenters. The summed E-state index contributed by atoms with van der Waals surface area (Å²) in [5.41, 5.74) is 1.10. The van der Waals surface area contributed by atoms with E-state index in [0.717, 1.165) is 12.0 Å². The summed E-state index contributed by atoms with van der Waals surface area (Å²) in [6.45, 7) is 4.33. The number of halogens is 1. The van der Waals surface area contributed by atoms with Gasteiger partial charge in [-0.1, -0.05) is 17.7 Å². The lowest BCUT2D eigenvalue weighted by atomic mass is 10.1. The van der Waals surface area contributed by atoms with E-state index in [-0.39, 0.29) is 12.6 Å². The summed E-state index contributed by atoms with van der Waals surface area (Å²) in [6, 6.07) is 4.25. The Morgan fingerprint density at radius 3 is 2.73 bits per heavy atom. The maximum absolute atomic E-state index is 8.79. The lowest BCUT2D eigenvalue weighted by Crippen LogP contribution is -2.29. The quantitative estimate of drug-likeness (QED) is 0.760. The molecule has 1 heterocycles. The zero-order chi connectivity index (χ0) is 11.3. The van der Waals surface area contributed by atoms with Gasteiger partial charge in [-0.05, 0) is 31.9 Å². The van der Waals surface area contributed by atoms with Crippen LogP contribution in [0.2, 0.25) is 5.15 Å². The number of nitrogens with zero attached hydrogens (tertiary/aromatic N) is 1. The lowest BCUT2D eigenvalue weighted by molar-refractivity contribution is 0.264. The van der Waals surface area contributed by atoms with Crippen molar-refractivity contribution >= 4 is 11.6 Å². The normalized spacial score (nSPS) is 14.9. The van der Waals surface area contributed by atoms with Crippen LogP contribution in [0.5, 0.6) is 0 Å². The van der Waals surface area contributed by atoms with Crippen LogP contribution in [-0.4, -0.2) is 22.7 Å². The zero-order valence-electron chi connectivity index (χ0n) is 9.07. The van der Waals surface area contributed by atoms with Crippen molar-refractivity contribution in [1.29, 1.82) is 0 Å². The molecule has 0 radical (unpaired) electrons. The smallest absolute Gasteiger partial charge is 0.129 e. The summed E-state index contributed by atoms with van der Waals surface area (Å²) in [4.78, 5) is 4.03. The maximum Gasteiger partial charge on any atom is 0.129 e. The standard InChI is InChI=1S/C11H17ClN2O/c1-8(5-6-15)14-9(2)10-3-4-11(12)13-7-10/h3-4,7-9,14-15H,5-6H2,1-2H3. The molecule has 0 saturated carbocycles. The number of aromatic nitrogens is 1. The third-order valence-corrected chi connectivity index (χ3v) is 2.57. The van der Waals surface area contributed by atoms with Crippen molar-refractivity contribution in [3.05, 3.63) is 29.0 Å². The summed E-state index contributed by atoms with van der Waals surface area (Å²) in [5, 5.41) is 12.7. The molecule has 0 aliphatic carbocycles. The molecule has 0 aliphatic rings. The highest BCUT2D eigenvalue weighted by molar-refractivity contribution is 6.29. The minimum Gasteiger partial charge on any atom is -0.396 e. The first kappa shape index (κ1) is 12.4. The zero-order valence-corrected chi connectivity index (χ0v) is 9.83. The largest absolute Gasteiger partial charge is 0.396 e. The van der Waals surface area contributed by atoms with E-state index < -0.39 is 0 Å². The first-order valence-electron chi connectivity index (χ1n) is 5.12. The number of rotatable bonds is 5. The van der Waals surface area contributed by atoms with Crippen molar-refractivity contribution in [2.75, 3.05) is 6.61 Å². The molecular formula is C11H17ClN2O. The molecule has 1 aromatic heterocycles. The molecule has 3 nitrogen and oxygen atoms in total. The Balaban J connectivity index is 2.53. The van der Waals surface area contributed by atoms with Crippen molar-refractivity contribution < 1.29 is 5.11 Å². The summed E-state index contributed by atoms with van der Waals surface area (Å²) in [7, 11) is 0. The van der Waals surface area contributed by atoms with E-state index in [0.29, 0.717) is 11.2 Å². The first-order chi connectivity index (χ1) is 7.13. The van der Waals surface area contributed by atoms with E-state index in [2.05, 4.69) is 24.1 Å². The van der Waals surface area contributed by atoms with Crippen LogP contribution in [0.3, 0.4) is 0 Å². The summed E-state index contributed by atoms with van der Waals surface area (Å²) in [5.74, 6) is 0. The fraction of sp³-hybridized carbons (Fsp3) is 0.545. The lowest BCUT2D eigenvalue weighted by Gasteiger charge is -2.19. The van der Waals surface area contributed by atoms with Crippen LogP contribution in [0, 0.1) is 0 Å². The Hall–Kier alpha value is -0.640. The molecule has 2 N–H and O–H groups in total. The predicted molar refractivity (Wildman–Crippen MR) is 62.0 cm³/mol. The Morgan fingerprint density at radius 2 is 2.20 bits per heavy atom. The van der Waals surface area contributed by atoms with Gasteiger partial charge in [0.25, 0.3) is 0 Å². The number of aliphatic hydroxyl groups is 1. The van der Waals surface area contributed by atoms with Gasteiger partial charge >= 0.3 is 0 Å². The van der Waals surface area contributed by atoms with Gasteiger partial charge in [-0.25, -0.2) is 4.98 Å². The third kappa shape index (κ3) is 4.16. The molecular weight excluding hydrogens is 212 g/mol. The Bertz CT molecular complexity index is 289. The monoisotopic (exact) mass is 228 g/mol. The van der Waals surface area contributed by atoms with Gasteiger partial charge in [0.05, 0.1) is 0 Å². The SMILES string of the molecule is CC(CCO)NC(C)c1ccc(Cl)nc1. The molecule has 0 aliphatic heterocycles. The van der Waals surface area contributed by atoms with Crippen LogP contribution in [0.4, 0.5) is 0 Å². The molecule has 84 valence electrons. The molecule has 0 bridgehead atoms. The van der Waals surface area contributed by atoms with Gasteiger partial charge in [0, 0.05) is 24.9 Å². The number of hydrogen-bond acceptors (Lipinski definition) is 3. The topological polar surface area (TPSA) is 45.1 Å². The molecule has 4 heteroatoms. The van der Waals surface area contributed by atoms with E-state index in [1.165, 1.54) is 0 Å². The van der Waals surface area contributed by atoms with E-state index >= 15 is 0 Å². The Labute approximate surface area is 95.5 Å². The molecule has 15 heavy (non-hydrogen) atoms. The van der Waals surface area contributed by atoms with Gasteiger partial charge < -0.3 is 10.4 Å². The summed E-state index contributed by atoms with van der Waals surface area (Å²) in [6.07, 6.45) is 2.52. The van der Waals surface area contributed by atoms with Crippen molar-refractivity contribution in [2.24, 2.45) is 0 Å². The average molecular weight is 229 g/mol. The highest BCUT2D eigenvalue weighted by Crippen LogP contribution is 2.14. The van der Waals surface area contributed by atoms with Crippen LogP contribution in [0.25, 0.3) is 0 Å². The van der Waals surface area contributed by atoms with Crippen molar-refractivity contribution in [2.45, 2.75) is 32.4 Å². The van der Waals surface area contributed by atoms with E-state index in [4.69, 9.17) is 16.7 Å². The van der Waals surface area contributed by atoms with Crippen LogP contribution in [0.15, 0.2) is 18.3 Å². The number of hydrogen-bond donors (Lipinski definition) is 2. The number of nitrogens with one attached hydrogen (secondary N) is 1. The highest BCUT2D eigenvalue weighted by atomic mass is 35.5. The minimum atomic E-state index is 0.208. The molecule has 1 rings (SSSR count). The second-order valence-corrected chi connectivity index (χ2v) is 4.10.